The quantitative estimate of drug-likeness (QED) is 0.334. The standard InChI is InChI=1S/C24H26N4O4/c1-3-17-4-7-19(8-5-17)27-24(30)20(23(29)25-27)14-18-6-9-21(22(15-18)28(31)32)26-12-10-16(2)11-13-26/h4-9,14-16H,3,10-13H2,1-2H3,(H,25,29)/b20-14-. The topological polar surface area (TPSA) is 95.8 Å². The van der Waals surface area contributed by atoms with E-state index in [1.165, 1.54) is 17.2 Å². The number of nitro groups is 1. The first kappa shape index (κ1) is 21.5. The van der Waals surface area contributed by atoms with E-state index in [9.17, 15) is 19.7 Å². The SMILES string of the molecule is CCc1ccc(N2NC(=O)/C(=C/c3ccc(N4CCC(C)CC4)c([N+](=O)[O-])c3)C2=O)cc1. The van der Waals surface area contributed by atoms with Crippen LogP contribution in [0.4, 0.5) is 17.1 Å². The first-order valence-corrected chi connectivity index (χ1v) is 10.9. The number of benzene rings is 2. The van der Waals surface area contributed by atoms with Crippen molar-refractivity contribution in [3.05, 3.63) is 69.3 Å². The third kappa shape index (κ3) is 4.21. The van der Waals surface area contributed by atoms with E-state index in [0.29, 0.717) is 22.9 Å². The van der Waals surface area contributed by atoms with Gasteiger partial charge in [0.05, 0.1) is 10.6 Å². The van der Waals surface area contributed by atoms with Gasteiger partial charge in [-0.15, -0.1) is 0 Å². The van der Waals surface area contributed by atoms with Crippen LogP contribution < -0.4 is 15.3 Å². The van der Waals surface area contributed by atoms with Crippen LogP contribution in [0.3, 0.4) is 0 Å². The van der Waals surface area contributed by atoms with E-state index >= 15 is 0 Å². The Morgan fingerprint density at radius 1 is 1.12 bits per heavy atom. The minimum Gasteiger partial charge on any atom is -0.366 e. The number of piperidine rings is 1. The first-order valence-electron chi connectivity index (χ1n) is 10.9. The molecule has 2 aromatic carbocycles. The summed E-state index contributed by atoms with van der Waals surface area (Å²) in [7, 11) is 0. The zero-order valence-corrected chi connectivity index (χ0v) is 18.2. The van der Waals surface area contributed by atoms with Crippen LogP contribution in [0.15, 0.2) is 48.0 Å². The molecule has 8 nitrogen and oxygen atoms in total. The second-order valence-corrected chi connectivity index (χ2v) is 8.33. The van der Waals surface area contributed by atoms with Crippen molar-refractivity contribution in [1.82, 2.24) is 5.43 Å². The highest BCUT2D eigenvalue weighted by molar-refractivity contribution is 6.31. The zero-order valence-electron chi connectivity index (χ0n) is 18.2. The fraction of sp³-hybridized carbons (Fsp3) is 0.333. The maximum absolute atomic E-state index is 12.9. The molecule has 4 rings (SSSR count). The monoisotopic (exact) mass is 434 g/mol. The number of anilines is 2. The molecule has 1 N–H and O–H groups in total. The van der Waals surface area contributed by atoms with E-state index in [1.54, 1.807) is 24.3 Å². The van der Waals surface area contributed by atoms with Gasteiger partial charge in [0.1, 0.15) is 11.3 Å². The van der Waals surface area contributed by atoms with Crippen LogP contribution in [0.25, 0.3) is 6.08 Å². The summed E-state index contributed by atoms with van der Waals surface area (Å²) in [5.74, 6) is -0.412. The molecule has 166 valence electrons. The Morgan fingerprint density at radius 2 is 1.81 bits per heavy atom. The minimum atomic E-state index is -0.536. The smallest absolute Gasteiger partial charge is 0.293 e. The molecule has 2 saturated heterocycles. The van der Waals surface area contributed by atoms with Crippen molar-refractivity contribution >= 4 is 35.0 Å². The number of carbonyl (C=O) groups excluding carboxylic acids is 2. The van der Waals surface area contributed by atoms with Crippen molar-refractivity contribution < 1.29 is 14.5 Å². The molecule has 0 unspecified atom stereocenters. The van der Waals surface area contributed by atoms with Gasteiger partial charge < -0.3 is 4.90 Å². The second kappa shape index (κ2) is 8.82. The lowest BCUT2D eigenvalue weighted by Crippen LogP contribution is -2.35. The average Bonchev–Trinajstić information content (AvgIpc) is 3.08. The van der Waals surface area contributed by atoms with Gasteiger partial charge in [-0.1, -0.05) is 32.0 Å². The Kier molecular flexibility index (Phi) is 5.94. The van der Waals surface area contributed by atoms with E-state index in [4.69, 9.17) is 0 Å². The largest absolute Gasteiger partial charge is 0.366 e. The molecule has 32 heavy (non-hydrogen) atoms. The Balaban J connectivity index is 1.61. The third-order valence-corrected chi connectivity index (χ3v) is 6.13. The molecule has 2 heterocycles. The molecule has 2 amide bonds. The number of nitrogens with one attached hydrogen (secondary N) is 1. The van der Waals surface area contributed by atoms with Gasteiger partial charge in [0.2, 0.25) is 0 Å². The van der Waals surface area contributed by atoms with Gasteiger partial charge in [-0.3, -0.25) is 25.1 Å². The van der Waals surface area contributed by atoms with Crippen molar-refractivity contribution in [3.63, 3.8) is 0 Å². The van der Waals surface area contributed by atoms with Crippen LogP contribution in [0.5, 0.6) is 0 Å². The summed E-state index contributed by atoms with van der Waals surface area (Å²) in [6, 6.07) is 12.2. The summed E-state index contributed by atoms with van der Waals surface area (Å²) in [6.07, 6.45) is 4.27. The molecular formula is C24H26N4O4. The Hall–Kier alpha value is -3.68. The van der Waals surface area contributed by atoms with Crippen LogP contribution in [-0.2, 0) is 16.0 Å². The molecule has 0 radical (unpaired) electrons. The van der Waals surface area contributed by atoms with E-state index in [0.717, 1.165) is 37.9 Å². The van der Waals surface area contributed by atoms with Gasteiger partial charge in [0.15, 0.2) is 0 Å². The van der Waals surface area contributed by atoms with E-state index in [2.05, 4.69) is 12.3 Å². The molecule has 0 aromatic heterocycles. The summed E-state index contributed by atoms with van der Waals surface area (Å²) in [5, 5.41) is 12.9. The highest BCUT2D eigenvalue weighted by Gasteiger charge is 2.34. The Bertz CT molecular complexity index is 1090. The van der Waals surface area contributed by atoms with Crippen LogP contribution in [0.2, 0.25) is 0 Å². The van der Waals surface area contributed by atoms with Crippen molar-refractivity contribution in [2.75, 3.05) is 23.0 Å². The molecule has 2 fully saturated rings. The molecule has 0 atom stereocenters. The molecule has 0 saturated carbocycles. The van der Waals surface area contributed by atoms with Gasteiger partial charge in [0.25, 0.3) is 17.5 Å². The van der Waals surface area contributed by atoms with Gasteiger partial charge in [-0.05, 0) is 60.6 Å². The number of aryl methyl sites for hydroxylation is 1. The second-order valence-electron chi connectivity index (χ2n) is 8.33. The number of amides is 2. The lowest BCUT2D eigenvalue weighted by Gasteiger charge is -2.31. The summed E-state index contributed by atoms with van der Waals surface area (Å²) in [4.78, 5) is 38.7. The predicted octanol–water partition coefficient (Wildman–Crippen LogP) is 3.85. The molecule has 2 aliphatic rings. The number of hydrogen-bond donors (Lipinski definition) is 1. The van der Waals surface area contributed by atoms with Gasteiger partial charge in [0, 0.05) is 19.2 Å². The fourth-order valence-electron chi connectivity index (χ4n) is 4.08. The Labute approximate surface area is 186 Å². The molecule has 0 aliphatic carbocycles. The lowest BCUT2D eigenvalue weighted by molar-refractivity contribution is -0.384. The number of carbonyl (C=O) groups is 2. The fourth-order valence-corrected chi connectivity index (χ4v) is 4.08. The first-order chi connectivity index (χ1) is 15.4. The maximum Gasteiger partial charge on any atom is 0.293 e. The van der Waals surface area contributed by atoms with Gasteiger partial charge >= 0.3 is 0 Å². The number of nitrogens with zero attached hydrogens (tertiary/aromatic N) is 3. The highest BCUT2D eigenvalue weighted by atomic mass is 16.6. The zero-order chi connectivity index (χ0) is 22.8. The number of nitro benzene ring substituents is 1. The Morgan fingerprint density at radius 3 is 2.44 bits per heavy atom. The van der Waals surface area contributed by atoms with Crippen molar-refractivity contribution in [2.24, 2.45) is 5.92 Å². The van der Waals surface area contributed by atoms with Crippen LogP contribution in [0, 0.1) is 16.0 Å². The number of hydrazine groups is 1. The number of hydrogen-bond acceptors (Lipinski definition) is 5. The molecule has 2 aromatic rings. The van der Waals surface area contributed by atoms with E-state index < -0.39 is 16.7 Å². The summed E-state index contributed by atoms with van der Waals surface area (Å²) in [5.41, 5.74) is 5.18. The molecule has 0 bridgehead atoms. The van der Waals surface area contributed by atoms with Crippen molar-refractivity contribution in [2.45, 2.75) is 33.1 Å². The normalized spacial score (nSPS) is 18.4. The molecule has 8 heteroatoms. The minimum absolute atomic E-state index is 0.0215. The number of rotatable bonds is 5. The van der Waals surface area contributed by atoms with Crippen LogP contribution in [-0.4, -0.2) is 29.8 Å². The highest BCUT2D eigenvalue weighted by Crippen LogP contribution is 2.33. The van der Waals surface area contributed by atoms with E-state index in [1.807, 2.05) is 24.0 Å². The molecule has 2 aliphatic heterocycles. The summed E-state index contributed by atoms with van der Waals surface area (Å²) in [6.45, 7) is 5.77. The lowest BCUT2D eigenvalue weighted by atomic mass is 9.98. The van der Waals surface area contributed by atoms with E-state index in [-0.39, 0.29) is 11.3 Å². The summed E-state index contributed by atoms with van der Waals surface area (Å²) >= 11 is 0. The van der Waals surface area contributed by atoms with Gasteiger partial charge in [-0.2, -0.15) is 0 Å². The van der Waals surface area contributed by atoms with Crippen LogP contribution in [0.1, 0.15) is 37.8 Å². The third-order valence-electron chi connectivity index (χ3n) is 6.13. The predicted molar refractivity (Wildman–Crippen MR) is 123 cm³/mol. The van der Waals surface area contributed by atoms with Crippen molar-refractivity contribution in [3.8, 4) is 0 Å². The van der Waals surface area contributed by atoms with Crippen molar-refractivity contribution in [1.29, 1.82) is 0 Å². The van der Waals surface area contributed by atoms with Crippen LogP contribution >= 0.6 is 0 Å². The summed E-state index contributed by atoms with van der Waals surface area (Å²) < 4.78 is 0. The molecule has 0 spiro atoms. The molecular weight excluding hydrogens is 408 g/mol. The van der Waals surface area contributed by atoms with Gasteiger partial charge in [-0.25, -0.2) is 5.01 Å². The maximum atomic E-state index is 12.9. The average molecular weight is 434 g/mol.